The molecule has 4 rings (SSSR count). The first-order valence-electron chi connectivity index (χ1n) is 11.9. The third-order valence-electron chi connectivity index (χ3n) is 5.99. The summed E-state index contributed by atoms with van der Waals surface area (Å²) in [6.45, 7) is 4.42. The van der Waals surface area contributed by atoms with E-state index in [9.17, 15) is 13.2 Å². The molecule has 0 aliphatic rings. The van der Waals surface area contributed by atoms with Crippen LogP contribution in [0.15, 0.2) is 88.9 Å². The van der Waals surface area contributed by atoms with Gasteiger partial charge in [0.1, 0.15) is 5.15 Å². The molecule has 196 valence electrons. The highest BCUT2D eigenvalue weighted by atomic mass is 35.5. The number of carbonyl (C=O) groups excluding carboxylic acids is 1. The third kappa shape index (κ3) is 6.36. The number of rotatable bonds is 9. The monoisotopic (exact) mass is 549 g/mol. The minimum Gasteiger partial charge on any atom is -0.267 e. The summed E-state index contributed by atoms with van der Waals surface area (Å²) in [5.41, 5.74) is 7.00. The van der Waals surface area contributed by atoms with E-state index in [0.717, 1.165) is 16.7 Å². The maximum atomic E-state index is 12.8. The second-order valence-corrected chi connectivity index (χ2v) is 11.3. The van der Waals surface area contributed by atoms with Gasteiger partial charge in [-0.1, -0.05) is 71.8 Å². The van der Waals surface area contributed by atoms with Crippen molar-refractivity contribution in [3.8, 4) is 0 Å². The lowest BCUT2D eigenvalue weighted by Gasteiger charge is -2.17. The number of hydrazone groups is 1. The SMILES string of the molecule is Cc1ccc(S(=O)(=O)N(C)Cc2ccc(C(=O)N/N=C\c3c(C)nn(Cc4ccccc4)c3Cl)cc2)cc1. The van der Waals surface area contributed by atoms with Crippen molar-refractivity contribution in [3.63, 3.8) is 0 Å². The largest absolute Gasteiger partial charge is 0.271 e. The van der Waals surface area contributed by atoms with Crippen molar-refractivity contribution < 1.29 is 13.2 Å². The topological polar surface area (TPSA) is 96.7 Å². The summed E-state index contributed by atoms with van der Waals surface area (Å²) < 4.78 is 28.6. The second kappa shape index (κ2) is 11.7. The highest BCUT2D eigenvalue weighted by Gasteiger charge is 2.21. The average Bonchev–Trinajstić information content (AvgIpc) is 3.17. The van der Waals surface area contributed by atoms with Crippen molar-refractivity contribution in [3.05, 3.63) is 118 Å². The minimum absolute atomic E-state index is 0.168. The molecule has 4 aromatic rings. The zero-order chi connectivity index (χ0) is 27.3. The summed E-state index contributed by atoms with van der Waals surface area (Å²) in [5, 5.41) is 8.95. The molecule has 1 heterocycles. The number of nitrogens with one attached hydrogen (secondary N) is 1. The molecule has 1 aromatic heterocycles. The van der Waals surface area contributed by atoms with E-state index in [1.54, 1.807) is 53.2 Å². The van der Waals surface area contributed by atoms with Gasteiger partial charge in [-0.2, -0.15) is 14.5 Å². The zero-order valence-corrected chi connectivity index (χ0v) is 22.9. The molecule has 8 nitrogen and oxygen atoms in total. The van der Waals surface area contributed by atoms with Gasteiger partial charge in [0, 0.05) is 19.2 Å². The first-order chi connectivity index (χ1) is 18.1. The van der Waals surface area contributed by atoms with E-state index in [-0.39, 0.29) is 11.4 Å². The van der Waals surface area contributed by atoms with Crippen molar-refractivity contribution in [2.24, 2.45) is 5.10 Å². The average molecular weight is 550 g/mol. The Morgan fingerprint density at radius 3 is 2.32 bits per heavy atom. The molecule has 0 saturated carbocycles. The van der Waals surface area contributed by atoms with Crippen LogP contribution in [-0.4, -0.2) is 41.7 Å². The Morgan fingerprint density at radius 1 is 1.00 bits per heavy atom. The molecule has 10 heteroatoms. The molecule has 1 N–H and O–H groups in total. The number of hydrogen-bond acceptors (Lipinski definition) is 5. The Bertz CT molecular complexity index is 1550. The second-order valence-electron chi connectivity index (χ2n) is 8.90. The molecule has 38 heavy (non-hydrogen) atoms. The first-order valence-corrected chi connectivity index (χ1v) is 13.7. The number of aromatic nitrogens is 2. The molecule has 0 spiro atoms. The fraction of sp³-hybridized carbons (Fsp3) is 0.179. The normalized spacial score (nSPS) is 11.8. The number of benzene rings is 3. The van der Waals surface area contributed by atoms with Crippen molar-refractivity contribution in [2.45, 2.75) is 31.8 Å². The van der Waals surface area contributed by atoms with Crippen molar-refractivity contribution in [2.75, 3.05) is 7.05 Å². The molecule has 1 amide bonds. The minimum atomic E-state index is -3.62. The molecular weight excluding hydrogens is 522 g/mol. The first kappa shape index (κ1) is 27.3. The summed E-state index contributed by atoms with van der Waals surface area (Å²) in [7, 11) is -2.10. The van der Waals surface area contributed by atoms with E-state index in [1.807, 2.05) is 44.2 Å². The summed E-state index contributed by atoms with van der Waals surface area (Å²) in [6, 6.07) is 23.3. The lowest BCUT2D eigenvalue weighted by atomic mass is 10.1. The van der Waals surface area contributed by atoms with Crippen molar-refractivity contribution in [1.29, 1.82) is 0 Å². The predicted molar refractivity (Wildman–Crippen MR) is 149 cm³/mol. The number of hydrogen-bond donors (Lipinski definition) is 1. The van der Waals surface area contributed by atoms with Crippen molar-refractivity contribution in [1.82, 2.24) is 19.5 Å². The molecule has 0 aliphatic carbocycles. The molecule has 0 atom stereocenters. The summed E-state index contributed by atoms with van der Waals surface area (Å²) in [6.07, 6.45) is 1.48. The van der Waals surface area contributed by atoms with Crippen LogP contribution in [0.2, 0.25) is 5.15 Å². The van der Waals surface area contributed by atoms with Gasteiger partial charge in [-0.05, 0) is 49.2 Å². The molecule has 3 aromatic carbocycles. The summed E-state index contributed by atoms with van der Waals surface area (Å²) in [4.78, 5) is 12.8. The quantitative estimate of drug-likeness (QED) is 0.240. The van der Waals surface area contributed by atoms with Gasteiger partial charge >= 0.3 is 0 Å². The fourth-order valence-corrected chi connectivity index (χ4v) is 5.23. The molecule has 0 radical (unpaired) electrons. The highest BCUT2D eigenvalue weighted by Crippen LogP contribution is 2.20. The van der Waals surface area contributed by atoms with Gasteiger partial charge in [0.05, 0.1) is 28.9 Å². The van der Waals surface area contributed by atoms with Gasteiger partial charge < -0.3 is 0 Å². The molecule has 0 bridgehead atoms. The Hall–Kier alpha value is -3.79. The fourth-order valence-electron chi connectivity index (χ4n) is 3.79. The van der Waals surface area contributed by atoms with Crippen LogP contribution in [0.1, 0.15) is 38.3 Å². The molecule has 0 fully saturated rings. The van der Waals surface area contributed by atoms with Gasteiger partial charge in [0.2, 0.25) is 10.0 Å². The van der Waals surface area contributed by atoms with E-state index >= 15 is 0 Å². The predicted octanol–water partition coefficient (Wildman–Crippen LogP) is 4.79. The van der Waals surface area contributed by atoms with Crippen molar-refractivity contribution >= 4 is 33.7 Å². The lowest BCUT2D eigenvalue weighted by Crippen LogP contribution is -2.26. The van der Waals surface area contributed by atoms with Gasteiger partial charge in [-0.15, -0.1) is 0 Å². The highest BCUT2D eigenvalue weighted by molar-refractivity contribution is 7.89. The van der Waals surface area contributed by atoms with Crippen LogP contribution in [0.5, 0.6) is 0 Å². The van der Waals surface area contributed by atoms with Crippen LogP contribution in [0.25, 0.3) is 0 Å². The number of carbonyl (C=O) groups is 1. The number of aryl methyl sites for hydroxylation is 2. The molecular formula is C28H28ClN5O3S. The van der Waals surface area contributed by atoms with Gasteiger partial charge in [0.25, 0.3) is 5.91 Å². The Kier molecular flexibility index (Phi) is 8.41. The molecule has 0 unspecified atom stereocenters. The van der Waals surface area contributed by atoms with Gasteiger partial charge in [-0.25, -0.2) is 18.5 Å². The number of halogens is 1. The number of nitrogens with zero attached hydrogens (tertiary/aromatic N) is 4. The summed E-state index contributed by atoms with van der Waals surface area (Å²) >= 11 is 6.50. The van der Waals surface area contributed by atoms with E-state index < -0.39 is 15.9 Å². The Morgan fingerprint density at radius 2 is 1.66 bits per heavy atom. The maximum absolute atomic E-state index is 12.8. The van der Waals surface area contributed by atoms with Crippen LogP contribution < -0.4 is 5.43 Å². The van der Waals surface area contributed by atoms with Crippen LogP contribution in [0, 0.1) is 13.8 Å². The number of sulfonamides is 1. The Balaban J connectivity index is 1.36. The Labute approximate surface area is 227 Å². The summed E-state index contributed by atoms with van der Waals surface area (Å²) in [5.74, 6) is -0.404. The smallest absolute Gasteiger partial charge is 0.267 e. The van der Waals surface area contributed by atoms with Crippen LogP contribution in [-0.2, 0) is 23.1 Å². The van der Waals surface area contributed by atoms with E-state index in [1.165, 1.54) is 17.6 Å². The van der Waals surface area contributed by atoms with E-state index in [2.05, 4.69) is 15.6 Å². The van der Waals surface area contributed by atoms with Gasteiger partial charge in [-0.3, -0.25) is 4.79 Å². The maximum Gasteiger partial charge on any atom is 0.271 e. The van der Waals surface area contributed by atoms with E-state index in [4.69, 9.17) is 11.6 Å². The van der Waals surface area contributed by atoms with Crippen LogP contribution in [0.4, 0.5) is 0 Å². The third-order valence-corrected chi connectivity index (χ3v) is 8.21. The lowest BCUT2D eigenvalue weighted by molar-refractivity contribution is 0.0955. The van der Waals surface area contributed by atoms with Crippen LogP contribution >= 0.6 is 11.6 Å². The molecule has 0 aliphatic heterocycles. The van der Waals surface area contributed by atoms with E-state index in [0.29, 0.717) is 28.5 Å². The molecule has 0 saturated heterocycles. The van der Waals surface area contributed by atoms with Crippen LogP contribution in [0.3, 0.4) is 0 Å². The zero-order valence-electron chi connectivity index (χ0n) is 21.3. The van der Waals surface area contributed by atoms with Gasteiger partial charge in [0.15, 0.2) is 0 Å². The standard InChI is InChI=1S/C28H28ClN5O3S/c1-20-9-15-25(16-10-20)38(36,37)33(3)18-23-11-13-24(14-12-23)28(35)31-30-17-26-21(2)32-34(27(26)29)19-22-7-5-4-6-8-22/h4-17H,18-19H2,1-3H3,(H,31,35)/b30-17-. The number of amides is 1.